The van der Waals surface area contributed by atoms with Gasteiger partial charge in [0.2, 0.25) is 5.91 Å². The molecule has 1 aromatic carbocycles. The van der Waals surface area contributed by atoms with Crippen molar-refractivity contribution in [3.05, 3.63) is 35.4 Å². The van der Waals surface area contributed by atoms with E-state index in [1.165, 1.54) is 12.1 Å². The van der Waals surface area contributed by atoms with Crippen molar-refractivity contribution >= 4 is 5.91 Å². The van der Waals surface area contributed by atoms with Crippen LogP contribution < -0.4 is 5.32 Å². The maximum Gasteiger partial charge on any atom is 0.416 e. The molecule has 1 amide bonds. The van der Waals surface area contributed by atoms with Crippen LogP contribution in [0, 0.1) is 5.92 Å². The molecule has 1 atom stereocenters. The first kappa shape index (κ1) is 14.5. The van der Waals surface area contributed by atoms with Crippen molar-refractivity contribution in [1.82, 2.24) is 5.32 Å². The number of alkyl halides is 3. The summed E-state index contributed by atoms with van der Waals surface area (Å²) in [5.41, 5.74) is -0.0364. The Balaban J connectivity index is 2.76. The molecule has 0 heterocycles. The molecule has 0 saturated heterocycles. The van der Waals surface area contributed by atoms with Crippen molar-refractivity contribution in [1.29, 1.82) is 0 Å². The van der Waals surface area contributed by atoms with Gasteiger partial charge in [-0.1, -0.05) is 26.0 Å². The fourth-order valence-corrected chi connectivity index (χ4v) is 1.42. The summed E-state index contributed by atoms with van der Waals surface area (Å²) in [6.45, 7) is 5.26. The average molecular weight is 259 g/mol. The van der Waals surface area contributed by atoms with Gasteiger partial charge in [0.25, 0.3) is 0 Å². The Bertz CT molecular complexity index is 409. The van der Waals surface area contributed by atoms with Crippen molar-refractivity contribution in [2.24, 2.45) is 5.92 Å². The molecule has 18 heavy (non-hydrogen) atoms. The summed E-state index contributed by atoms with van der Waals surface area (Å²) in [6.07, 6.45) is -4.33. The molecule has 0 radical (unpaired) electrons. The number of carbonyl (C=O) groups excluding carboxylic acids is 1. The van der Waals surface area contributed by atoms with Gasteiger partial charge in [0, 0.05) is 5.92 Å². The smallest absolute Gasteiger partial charge is 0.349 e. The van der Waals surface area contributed by atoms with Crippen LogP contribution in [0.1, 0.15) is 37.9 Å². The molecule has 0 spiro atoms. The highest BCUT2D eigenvalue weighted by molar-refractivity contribution is 5.78. The highest BCUT2D eigenvalue weighted by Crippen LogP contribution is 2.29. The van der Waals surface area contributed by atoms with E-state index in [4.69, 9.17) is 0 Å². The number of nitrogens with one attached hydrogen (secondary N) is 1. The molecule has 0 aliphatic carbocycles. The zero-order valence-electron chi connectivity index (χ0n) is 10.5. The summed E-state index contributed by atoms with van der Waals surface area (Å²) in [7, 11) is 0. The highest BCUT2D eigenvalue weighted by Gasteiger charge is 2.30. The van der Waals surface area contributed by atoms with Crippen molar-refractivity contribution < 1.29 is 18.0 Å². The number of carbonyl (C=O) groups is 1. The minimum absolute atomic E-state index is 0.123. The monoisotopic (exact) mass is 259 g/mol. The van der Waals surface area contributed by atoms with Crippen LogP contribution in [0.4, 0.5) is 13.2 Å². The summed E-state index contributed by atoms with van der Waals surface area (Å²) >= 11 is 0. The zero-order chi connectivity index (χ0) is 13.9. The summed E-state index contributed by atoms with van der Waals surface area (Å²) in [6, 6.07) is 4.50. The van der Waals surface area contributed by atoms with Crippen LogP contribution in [-0.4, -0.2) is 5.91 Å². The Morgan fingerprint density at radius 3 is 2.00 bits per heavy atom. The Labute approximate surface area is 104 Å². The number of hydrogen-bond donors (Lipinski definition) is 1. The third-order valence-electron chi connectivity index (χ3n) is 2.62. The van der Waals surface area contributed by atoms with E-state index in [1.807, 2.05) is 0 Å². The number of halogens is 3. The molecule has 0 bridgehead atoms. The number of amides is 1. The van der Waals surface area contributed by atoms with Gasteiger partial charge >= 0.3 is 6.18 Å². The topological polar surface area (TPSA) is 29.1 Å². The van der Waals surface area contributed by atoms with E-state index in [1.54, 1.807) is 20.8 Å². The minimum atomic E-state index is -4.33. The lowest BCUT2D eigenvalue weighted by molar-refractivity contribution is -0.137. The molecule has 1 rings (SSSR count). The lowest BCUT2D eigenvalue weighted by Gasteiger charge is -2.16. The number of rotatable bonds is 3. The summed E-state index contributed by atoms with van der Waals surface area (Å²) < 4.78 is 37.1. The van der Waals surface area contributed by atoms with Crippen LogP contribution in [0.5, 0.6) is 0 Å². The van der Waals surface area contributed by atoms with Gasteiger partial charge in [-0.05, 0) is 24.6 Å². The van der Waals surface area contributed by atoms with Crippen LogP contribution >= 0.6 is 0 Å². The zero-order valence-corrected chi connectivity index (χ0v) is 10.5. The van der Waals surface area contributed by atoms with Gasteiger partial charge in [0.15, 0.2) is 0 Å². The molecule has 0 aliphatic heterocycles. The molecule has 0 aromatic heterocycles. The lowest BCUT2D eigenvalue weighted by Crippen LogP contribution is -2.30. The van der Waals surface area contributed by atoms with Gasteiger partial charge in [-0.3, -0.25) is 4.79 Å². The molecule has 1 unspecified atom stereocenters. The molecule has 1 aromatic rings. The van der Waals surface area contributed by atoms with Crippen LogP contribution in [-0.2, 0) is 11.0 Å². The van der Waals surface area contributed by atoms with E-state index >= 15 is 0 Å². The number of benzene rings is 1. The third kappa shape index (κ3) is 3.75. The predicted molar refractivity (Wildman–Crippen MR) is 62.8 cm³/mol. The first-order chi connectivity index (χ1) is 8.21. The minimum Gasteiger partial charge on any atom is -0.349 e. The lowest BCUT2D eigenvalue weighted by atomic mass is 10.0. The highest BCUT2D eigenvalue weighted by atomic mass is 19.4. The molecule has 1 N–H and O–H groups in total. The second-order valence-electron chi connectivity index (χ2n) is 4.50. The Morgan fingerprint density at radius 1 is 1.11 bits per heavy atom. The van der Waals surface area contributed by atoms with Gasteiger partial charge in [-0.25, -0.2) is 0 Å². The Morgan fingerprint density at radius 2 is 1.61 bits per heavy atom. The van der Waals surface area contributed by atoms with Gasteiger partial charge < -0.3 is 5.32 Å². The largest absolute Gasteiger partial charge is 0.416 e. The maximum atomic E-state index is 12.4. The summed E-state index contributed by atoms with van der Waals surface area (Å²) in [4.78, 5) is 11.5. The van der Waals surface area contributed by atoms with E-state index in [9.17, 15) is 18.0 Å². The van der Waals surface area contributed by atoms with Crippen molar-refractivity contribution in [2.45, 2.75) is 33.0 Å². The van der Waals surface area contributed by atoms with Crippen LogP contribution in [0.3, 0.4) is 0 Å². The van der Waals surface area contributed by atoms with E-state index < -0.39 is 11.7 Å². The van der Waals surface area contributed by atoms with Gasteiger partial charge in [-0.15, -0.1) is 0 Å². The molecule has 100 valence electrons. The second-order valence-corrected chi connectivity index (χ2v) is 4.50. The van der Waals surface area contributed by atoms with E-state index in [0.29, 0.717) is 5.56 Å². The quantitative estimate of drug-likeness (QED) is 0.883. The summed E-state index contributed by atoms with van der Waals surface area (Å²) in [5, 5.41) is 2.73. The number of hydrogen-bond acceptors (Lipinski definition) is 1. The average Bonchev–Trinajstić information content (AvgIpc) is 2.27. The third-order valence-corrected chi connectivity index (χ3v) is 2.62. The molecule has 0 saturated carbocycles. The molecule has 5 heteroatoms. The van der Waals surface area contributed by atoms with Gasteiger partial charge in [0.1, 0.15) is 0 Å². The summed E-state index contributed by atoms with van der Waals surface area (Å²) in [5.74, 6) is -0.274. The van der Waals surface area contributed by atoms with Crippen LogP contribution in [0.25, 0.3) is 0 Å². The standard InChI is InChI=1S/C13H16F3NO/c1-8(2)12(18)17-9(3)10-4-6-11(7-5-10)13(14,15)16/h4-9H,1-3H3,(H,17,18). The normalized spacial score (nSPS) is 13.5. The van der Waals surface area contributed by atoms with E-state index in [2.05, 4.69) is 5.32 Å². The van der Waals surface area contributed by atoms with Crippen LogP contribution in [0.15, 0.2) is 24.3 Å². The fourth-order valence-electron chi connectivity index (χ4n) is 1.42. The SMILES string of the molecule is CC(C)C(=O)NC(C)c1ccc(C(F)(F)F)cc1. The first-order valence-electron chi connectivity index (χ1n) is 5.69. The first-order valence-corrected chi connectivity index (χ1v) is 5.69. The molecule has 2 nitrogen and oxygen atoms in total. The molecule has 0 fully saturated rings. The van der Waals surface area contributed by atoms with Crippen LogP contribution in [0.2, 0.25) is 0 Å². The van der Waals surface area contributed by atoms with Crippen molar-refractivity contribution in [3.8, 4) is 0 Å². The van der Waals surface area contributed by atoms with Gasteiger partial charge in [-0.2, -0.15) is 13.2 Å². The van der Waals surface area contributed by atoms with E-state index in [0.717, 1.165) is 12.1 Å². The maximum absolute atomic E-state index is 12.4. The van der Waals surface area contributed by atoms with E-state index in [-0.39, 0.29) is 17.9 Å². The van der Waals surface area contributed by atoms with Gasteiger partial charge in [0.05, 0.1) is 11.6 Å². The Hall–Kier alpha value is -1.52. The van der Waals surface area contributed by atoms with Crippen molar-refractivity contribution in [3.63, 3.8) is 0 Å². The fraction of sp³-hybridized carbons (Fsp3) is 0.462. The molecule has 0 aliphatic rings. The Kier molecular flexibility index (Phi) is 4.38. The predicted octanol–water partition coefficient (Wildman–Crippen LogP) is 3.54. The van der Waals surface area contributed by atoms with Crippen molar-refractivity contribution in [2.75, 3.05) is 0 Å². The second kappa shape index (κ2) is 5.42. The molecular formula is C13H16F3NO. The molecular weight excluding hydrogens is 243 g/mol.